The smallest absolute Gasteiger partial charge is 0.303 e. The van der Waals surface area contributed by atoms with E-state index in [4.69, 9.17) is 14.4 Å². The second-order valence-electron chi connectivity index (χ2n) is 3.85. The second-order valence-corrected chi connectivity index (χ2v) is 3.85. The molecule has 1 N–H and O–H groups in total. The molecule has 0 amide bonds. The highest BCUT2D eigenvalue weighted by Crippen LogP contribution is 2.21. The van der Waals surface area contributed by atoms with Crippen molar-refractivity contribution in [3.05, 3.63) is 11.7 Å². The van der Waals surface area contributed by atoms with Gasteiger partial charge in [0.05, 0.1) is 6.42 Å². The Balaban J connectivity index is 2.67. The van der Waals surface area contributed by atoms with Gasteiger partial charge in [0.1, 0.15) is 5.60 Å². The molecule has 6 heteroatoms. The molecule has 0 saturated carbocycles. The molecule has 0 aliphatic rings. The summed E-state index contributed by atoms with van der Waals surface area (Å²) in [6.07, 6.45) is 0.223. The van der Waals surface area contributed by atoms with E-state index < -0.39 is 11.6 Å². The Morgan fingerprint density at radius 2 is 2.25 bits per heavy atom. The Bertz CT molecular complexity index is 359. The minimum atomic E-state index is -0.885. The lowest BCUT2D eigenvalue weighted by atomic mass is 10.1. The number of carboxylic acids is 1. The van der Waals surface area contributed by atoms with Crippen molar-refractivity contribution in [3.63, 3.8) is 0 Å². The zero-order valence-corrected chi connectivity index (χ0v) is 9.69. The molecule has 6 nitrogen and oxygen atoms in total. The quantitative estimate of drug-likeness (QED) is 0.791. The number of aromatic nitrogens is 2. The SMILES string of the molecule is CCOC(C)(C)c1noc(CCC(=O)O)n1. The summed E-state index contributed by atoms with van der Waals surface area (Å²) in [6.45, 7) is 6.10. The Kier molecular flexibility index (Phi) is 4.00. The van der Waals surface area contributed by atoms with Gasteiger partial charge < -0.3 is 14.4 Å². The van der Waals surface area contributed by atoms with Crippen LogP contribution < -0.4 is 0 Å². The van der Waals surface area contributed by atoms with E-state index in [-0.39, 0.29) is 12.8 Å². The molecule has 0 aliphatic heterocycles. The molecule has 0 spiro atoms. The van der Waals surface area contributed by atoms with Gasteiger partial charge in [0, 0.05) is 13.0 Å². The van der Waals surface area contributed by atoms with Crippen LogP contribution in [0.15, 0.2) is 4.52 Å². The monoisotopic (exact) mass is 228 g/mol. The summed E-state index contributed by atoms with van der Waals surface area (Å²) >= 11 is 0. The van der Waals surface area contributed by atoms with Crippen LogP contribution in [-0.2, 0) is 21.6 Å². The van der Waals surface area contributed by atoms with Crippen LogP contribution >= 0.6 is 0 Å². The molecule has 1 aromatic heterocycles. The zero-order valence-electron chi connectivity index (χ0n) is 9.69. The molecule has 1 heterocycles. The van der Waals surface area contributed by atoms with Gasteiger partial charge in [0.15, 0.2) is 0 Å². The first-order valence-corrected chi connectivity index (χ1v) is 5.14. The predicted molar refractivity (Wildman–Crippen MR) is 54.9 cm³/mol. The number of aryl methyl sites for hydroxylation is 1. The minimum absolute atomic E-state index is 0.0172. The van der Waals surface area contributed by atoms with Gasteiger partial charge in [-0.3, -0.25) is 4.79 Å². The average Bonchev–Trinajstić information content (AvgIpc) is 2.63. The predicted octanol–water partition coefficient (Wildman–Crippen LogP) is 1.36. The van der Waals surface area contributed by atoms with E-state index >= 15 is 0 Å². The van der Waals surface area contributed by atoms with E-state index in [0.717, 1.165) is 0 Å². The fraction of sp³-hybridized carbons (Fsp3) is 0.700. The molecule has 0 saturated heterocycles. The summed E-state index contributed by atoms with van der Waals surface area (Å²) in [4.78, 5) is 14.5. The van der Waals surface area contributed by atoms with Crippen LogP contribution in [-0.4, -0.2) is 27.8 Å². The molecular formula is C10H16N2O4. The van der Waals surface area contributed by atoms with Crippen molar-refractivity contribution < 1.29 is 19.2 Å². The third kappa shape index (κ3) is 3.30. The fourth-order valence-corrected chi connectivity index (χ4v) is 1.24. The molecular weight excluding hydrogens is 212 g/mol. The van der Waals surface area contributed by atoms with Crippen LogP contribution in [0.25, 0.3) is 0 Å². The first-order chi connectivity index (χ1) is 7.45. The van der Waals surface area contributed by atoms with Crippen molar-refractivity contribution in [2.24, 2.45) is 0 Å². The lowest BCUT2D eigenvalue weighted by Gasteiger charge is -2.19. The normalized spacial score (nSPS) is 11.7. The Hall–Kier alpha value is -1.43. The molecule has 0 unspecified atom stereocenters. The Morgan fingerprint density at radius 1 is 1.56 bits per heavy atom. The van der Waals surface area contributed by atoms with E-state index in [9.17, 15) is 4.79 Å². The van der Waals surface area contributed by atoms with Gasteiger partial charge in [-0.2, -0.15) is 4.98 Å². The molecule has 0 bridgehead atoms. The third-order valence-corrected chi connectivity index (χ3v) is 2.06. The second kappa shape index (κ2) is 5.07. The lowest BCUT2D eigenvalue weighted by molar-refractivity contribution is -0.137. The van der Waals surface area contributed by atoms with Crippen molar-refractivity contribution in [1.29, 1.82) is 0 Å². The van der Waals surface area contributed by atoms with Crippen molar-refractivity contribution in [3.8, 4) is 0 Å². The number of nitrogens with zero attached hydrogens (tertiary/aromatic N) is 2. The van der Waals surface area contributed by atoms with E-state index in [1.807, 2.05) is 20.8 Å². The van der Waals surface area contributed by atoms with Crippen molar-refractivity contribution in [2.75, 3.05) is 6.61 Å². The lowest BCUT2D eigenvalue weighted by Crippen LogP contribution is -2.23. The van der Waals surface area contributed by atoms with Gasteiger partial charge in [0.25, 0.3) is 0 Å². The topological polar surface area (TPSA) is 85.5 Å². The van der Waals surface area contributed by atoms with Crippen LogP contribution in [0.4, 0.5) is 0 Å². The molecule has 0 aliphatic carbocycles. The number of carboxylic acid groups (broad SMARTS) is 1. The Morgan fingerprint density at radius 3 is 2.81 bits per heavy atom. The number of carbonyl (C=O) groups is 1. The largest absolute Gasteiger partial charge is 0.481 e. The number of rotatable bonds is 6. The van der Waals surface area contributed by atoms with Gasteiger partial charge in [-0.25, -0.2) is 0 Å². The molecule has 16 heavy (non-hydrogen) atoms. The number of hydrogen-bond acceptors (Lipinski definition) is 5. The standard InChI is InChI=1S/C10H16N2O4/c1-4-15-10(2,3)9-11-7(16-12-9)5-6-8(13)14/h4-6H2,1-3H3,(H,13,14). The van der Waals surface area contributed by atoms with Crippen molar-refractivity contribution in [1.82, 2.24) is 10.1 Å². The Labute approximate surface area is 93.6 Å². The van der Waals surface area contributed by atoms with Crippen molar-refractivity contribution >= 4 is 5.97 Å². The number of hydrogen-bond donors (Lipinski definition) is 1. The van der Waals surface area contributed by atoms with Gasteiger partial charge in [-0.1, -0.05) is 5.16 Å². The van der Waals surface area contributed by atoms with E-state index in [2.05, 4.69) is 10.1 Å². The van der Waals surface area contributed by atoms with Gasteiger partial charge in [-0.05, 0) is 20.8 Å². The first-order valence-electron chi connectivity index (χ1n) is 5.14. The summed E-state index contributed by atoms with van der Waals surface area (Å²) in [7, 11) is 0. The summed E-state index contributed by atoms with van der Waals surface area (Å²) in [5.74, 6) is -0.122. The van der Waals surface area contributed by atoms with Crippen LogP contribution in [0.5, 0.6) is 0 Å². The maximum atomic E-state index is 10.4. The zero-order chi connectivity index (χ0) is 12.2. The average molecular weight is 228 g/mol. The van der Waals surface area contributed by atoms with E-state index in [1.165, 1.54) is 0 Å². The molecule has 90 valence electrons. The molecule has 0 radical (unpaired) electrons. The van der Waals surface area contributed by atoms with Crippen LogP contribution in [0.1, 0.15) is 38.9 Å². The first kappa shape index (κ1) is 12.6. The third-order valence-electron chi connectivity index (χ3n) is 2.06. The molecule has 0 fully saturated rings. The molecule has 1 rings (SSSR count). The highest BCUT2D eigenvalue weighted by molar-refractivity contribution is 5.66. The summed E-state index contributed by atoms with van der Waals surface area (Å²) in [5.41, 5.74) is -0.611. The van der Waals surface area contributed by atoms with Crippen LogP contribution in [0.2, 0.25) is 0 Å². The summed E-state index contributed by atoms with van der Waals surface area (Å²) < 4.78 is 10.4. The van der Waals surface area contributed by atoms with E-state index in [0.29, 0.717) is 18.3 Å². The summed E-state index contributed by atoms with van der Waals surface area (Å²) in [5, 5.41) is 12.3. The maximum Gasteiger partial charge on any atom is 0.303 e. The van der Waals surface area contributed by atoms with Gasteiger partial charge in [-0.15, -0.1) is 0 Å². The number of aliphatic carboxylic acids is 1. The van der Waals surface area contributed by atoms with Crippen LogP contribution in [0, 0.1) is 0 Å². The van der Waals surface area contributed by atoms with E-state index in [1.54, 1.807) is 0 Å². The maximum absolute atomic E-state index is 10.4. The molecule has 0 aromatic carbocycles. The highest BCUT2D eigenvalue weighted by atomic mass is 16.5. The summed E-state index contributed by atoms with van der Waals surface area (Å²) in [6, 6.07) is 0. The molecule has 1 aromatic rings. The van der Waals surface area contributed by atoms with Crippen LogP contribution in [0.3, 0.4) is 0 Å². The van der Waals surface area contributed by atoms with Gasteiger partial charge in [0.2, 0.25) is 11.7 Å². The van der Waals surface area contributed by atoms with Gasteiger partial charge >= 0.3 is 5.97 Å². The van der Waals surface area contributed by atoms with Crippen molar-refractivity contribution in [2.45, 2.75) is 39.2 Å². The fourth-order valence-electron chi connectivity index (χ4n) is 1.24. The minimum Gasteiger partial charge on any atom is -0.481 e. The molecule has 0 atom stereocenters. The highest BCUT2D eigenvalue weighted by Gasteiger charge is 2.27. The number of ether oxygens (including phenoxy) is 1.